The monoisotopic (exact) mass is 335 g/mol. The van der Waals surface area contributed by atoms with E-state index in [4.69, 9.17) is 4.74 Å². The number of ether oxygens (including phenoxy) is 1. The topological polar surface area (TPSA) is 83.2 Å². The minimum Gasteiger partial charge on any atom is -0.479 e. The van der Waals surface area contributed by atoms with E-state index in [-0.39, 0.29) is 18.2 Å². The first-order valence-electron chi connectivity index (χ1n) is 8.07. The van der Waals surface area contributed by atoms with Crippen molar-refractivity contribution in [1.29, 1.82) is 0 Å². The molecule has 0 saturated carbocycles. The van der Waals surface area contributed by atoms with Gasteiger partial charge in [-0.2, -0.15) is 0 Å². The maximum atomic E-state index is 12.5. The molecule has 126 valence electrons. The van der Waals surface area contributed by atoms with Crippen LogP contribution in [-0.4, -0.2) is 22.9 Å². The Balaban J connectivity index is 1.56. The third kappa shape index (κ3) is 2.82. The van der Waals surface area contributed by atoms with Crippen LogP contribution in [0.3, 0.4) is 0 Å². The molecule has 0 aliphatic carbocycles. The molecule has 2 aromatic carbocycles. The Morgan fingerprint density at radius 1 is 1.20 bits per heavy atom. The molecular weight excluding hydrogens is 318 g/mol. The number of aromatic amines is 1. The van der Waals surface area contributed by atoms with E-state index in [2.05, 4.69) is 15.6 Å². The van der Waals surface area contributed by atoms with Crippen molar-refractivity contribution in [3.8, 4) is 5.75 Å². The average Bonchev–Trinajstić information content (AvgIpc) is 3.00. The van der Waals surface area contributed by atoms with E-state index < -0.39 is 6.10 Å². The molecule has 0 spiro atoms. The van der Waals surface area contributed by atoms with Gasteiger partial charge in [0.25, 0.3) is 5.91 Å². The maximum absolute atomic E-state index is 12.5. The fourth-order valence-corrected chi connectivity index (χ4v) is 2.98. The van der Waals surface area contributed by atoms with E-state index in [1.807, 2.05) is 30.5 Å². The van der Waals surface area contributed by atoms with Crippen molar-refractivity contribution in [3.05, 3.63) is 54.2 Å². The Kier molecular flexibility index (Phi) is 3.65. The number of para-hydroxylation sites is 2. The van der Waals surface area contributed by atoms with Crippen LogP contribution in [0.25, 0.3) is 10.9 Å². The molecule has 1 aliphatic heterocycles. The van der Waals surface area contributed by atoms with Gasteiger partial charge in [0.15, 0.2) is 6.10 Å². The van der Waals surface area contributed by atoms with Crippen LogP contribution in [0, 0.1) is 0 Å². The summed E-state index contributed by atoms with van der Waals surface area (Å²) >= 11 is 0. The molecule has 6 heteroatoms. The second-order valence-electron chi connectivity index (χ2n) is 6.01. The number of anilines is 2. The normalized spacial score (nSPS) is 16.0. The van der Waals surface area contributed by atoms with Gasteiger partial charge < -0.3 is 20.4 Å². The Bertz CT molecular complexity index is 977. The summed E-state index contributed by atoms with van der Waals surface area (Å²) in [6.07, 6.45) is 1.53. The van der Waals surface area contributed by atoms with Crippen molar-refractivity contribution in [1.82, 2.24) is 4.98 Å². The average molecular weight is 335 g/mol. The SMILES string of the molecule is CC1Oc2cccc(NC(=O)Cc3c[nH]c4ccccc34)c2NC1=O. The van der Waals surface area contributed by atoms with Gasteiger partial charge in [0, 0.05) is 17.1 Å². The summed E-state index contributed by atoms with van der Waals surface area (Å²) in [5.41, 5.74) is 2.95. The number of hydrogen-bond acceptors (Lipinski definition) is 3. The van der Waals surface area contributed by atoms with Gasteiger partial charge in [-0.05, 0) is 30.7 Å². The Labute approximate surface area is 144 Å². The number of fused-ring (bicyclic) bond motifs is 2. The number of aromatic nitrogens is 1. The predicted molar refractivity (Wildman–Crippen MR) is 95.8 cm³/mol. The molecule has 0 radical (unpaired) electrons. The van der Waals surface area contributed by atoms with Gasteiger partial charge in [-0.3, -0.25) is 9.59 Å². The van der Waals surface area contributed by atoms with Crippen LogP contribution in [0.4, 0.5) is 11.4 Å². The smallest absolute Gasteiger partial charge is 0.265 e. The van der Waals surface area contributed by atoms with Gasteiger partial charge in [-0.15, -0.1) is 0 Å². The molecule has 2 amide bonds. The zero-order valence-electron chi connectivity index (χ0n) is 13.6. The zero-order valence-corrected chi connectivity index (χ0v) is 13.6. The fourth-order valence-electron chi connectivity index (χ4n) is 2.98. The second-order valence-corrected chi connectivity index (χ2v) is 6.01. The fraction of sp³-hybridized carbons (Fsp3) is 0.158. The third-order valence-electron chi connectivity index (χ3n) is 4.25. The highest BCUT2D eigenvalue weighted by Crippen LogP contribution is 2.36. The van der Waals surface area contributed by atoms with E-state index in [0.29, 0.717) is 17.1 Å². The van der Waals surface area contributed by atoms with Crippen molar-refractivity contribution in [2.75, 3.05) is 10.6 Å². The zero-order chi connectivity index (χ0) is 17.4. The van der Waals surface area contributed by atoms with Crippen LogP contribution in [0.1, 0.15) is 12.5 Å². The van der Waals surface area contributed by atoms with Crippen molar-refractivity contribution in [2.24, 2.45) is 0 Å². The lowest BCUT2D eigenvalue weighted by Crippen LogP contribution is -2.35. The predicted octanol–water partition coefficient (Wildman–Crippen LogP) is 3.07. The summed E-state index contributed by atoms with van der Waals surface area (Å²) in [4.78, 5) is 27.5. The standard InChI is InChI=1S/C19H17N3O3/c1-11-19(24)22-18-15(7-4-8-16(18)25-11)21-17(23)9-12-10-20-14-6-3-2-5-13(12)14/h2-8,10-11,20H,9H2,1H3,(H,21,23)(H,22,24). The van der Waals surface area contributed by atoms with Gasteiger partial charge in [0.05, 0.1) is 12.1 Å². The largest absolute Gasteiger partial charge is 0.479 e. The number of H-pyrrole nitrogens is 1. The molecule has 6 nitrogen and oxygen atoms in total. The number of rotatable bonds is 3. The van der Waals surface area contributed by atoms with Crippen molar-refractivity contribution in [2.45, 2.75) is 19.4 Å². The summed E-state index contributed by atoms with van der Waals surface area (Å²) in [5.74, 6) is 0.161. The van der Waals surface area contributed by atoms with Gasteiger partial charge in [0.1, 0.15) is 11.4 Å². The summed E-state index contributed by atoms with van der Waals surface area (Å²) in [7, 11) is 0. The summed E-state index contributed by atoms with van der Waals surface area (Å²) in [5, 5.41) is 6.67. The second kappa shape index (κ2) is 5.98. The highest BCUT2D eigenvalue weighted by molar-refractivity contribution is 6.05. The lowest BCUT2D eigenvalue weighted by atomic mass is 10.1. The van der Waals surface area contributed by atoms with Gasteiger partial charge in [0.2, 0.25) is 5.91 Å². The van der Waals surface area contributed by atoms with Gasteiger partial charge >= 0.3 is 0 Å². The number of carbonyl (C=O) groups is 2. The van der Waals surface area contributed by atoms with E-state index >= 15 is 0 Å². The van der Waals surface area contributed by atoms with Crippen LogP contribution in [-0.2, 0) is 16.0 Å². The molecule has 3 N–H and O–H groups in total. The van der Waals surface area contributed by atoms with Crippen LogP contribution >= 0.6 is 0 Å². The number of benzene rings is 2. The molecule has 0 saturated heterocycles. The molecule has 25 heavy (non-hydrogen) atoms. The Hall–Kier alpha value is -3.28. The number of carbonyl (C=O) groups excluding carboxylic acids is 2. The van der Waals surface area contributed by atoms with Gasteiger partial charge in [-0.25, -0.2) is 0 Å². The molecule has 4 rings (SSSR count). The van der Waals surface area contributed by atoms with E-state index in [1.165, 1.54) is 0 Å². The molecule has 1 aromatic heterocycles. The number of amides is 2. The molecule has 3 aromatic rings. The summed E-state index contributed by atoms with van der Waals surface area (Å²) in [6.45, 7) is 1.68. The molecule has 0 fully saturated rings. The molecule has 0 bridgehead atoms. The molecule has 1 unspecified atom stereocenters. The van der Waals surface area contributed by atoms with Crippen LogP contribution < -0.4 is 15.4 Å². The first kappa shape index (κ1) is 15.3. The van der Waals surface area contributed by atoms with E-state index in [0.717, 1.165) is 16.5 Å². The van der Waals surface area contributed by atoms with E-state index in [1.54, 1.807) is 25.1 Å². The van der Waals surface area contributed by atoms with Crippen LogP contribution in [0.5, 0.6) is 5.75 Å². The first-order valence-corrected chi connectivity index (χ1v) is 8.07. The molecular formula is C19H17N3O3. The summed E-state index contributed by atoms with van der Waals surface area (Å²) < 4.78 is 5.56. The van der Waals surface area contributed by atoms with Crippen molar-refractivity contribution in [3.63, 3.8) is 0 Å². The van der Waals surface area contributed by atoms with Crippen LogP contribution in [0.2, 0.25) is 0 Å². The quantitative estimate of drug-likeness (QED) is 0.688. The van der Waals surface area contributed by atoms with E-state index in [9.17, 15) is 9.59 Å². The Morgan fingerprint density at radius 2 is 2.04 bits per heavy atom. The minimum atomic E-state index is -0.551. The van der Waals surface area contributed by atoms with Crippen molar-refractivity contribution < 1.29 is 14.3 Å². The summed E-state index contributed by atoms with van der Waals surface area (Å²) in [6, 6.07) is 13.1. The maximum Gasteiger partial charge on any atom is 0.265 e. The van der Waals surface area contributed by atoms with Gasteiger partial charge in [-0.1, -0.05) is 24.3 Å². The first-order chi connectivity index (χ1) is 12.1. The Morgan fingerprint density at radius 3 is 2.92 bits per heavy atom. The lowest BCUT2D eigenvalue weighted by molar-refractivity contribution is -0.122. The van der Waals surface area contributed by atoms with Crippen LogP contribution in [0.15, 0.2) is 48.7 Å². The third-order valence-corrected chi connectivity index (χ3v) is 4.25. The molecule has 1 atom stereocenters. The molecule has 2 heterocycles. The lowest BCUT2D eigenvalue weighted by Gasteiger charge is -2.25. The molecule has 1 aliphatic rings. The highest BCUT2D eigenvalue weighted by atomic mass is 16.5. The highest BCUT2D eigenvalue weighted by Gasteiger charge is 2.26. The minimum absolute atomic E-state index is 0.161. The number of nitrogens with one attached hydrogen (secondary N) is 3. The number of hydrogen-bond donors (Lipinski definition) is 3. The van der Waals surface area contributed by atoms with Crippen molar-refractivity contribution >= 4 is 34.1 Å².